The molecule has 0 saturated heterocycles. The lowest BCUT2D eigenvalue weighted by atomic mass is 9.96. The van der Waals surface area contributed by atoms with Crippen molar-refractivity contribution < 1.29 is 43.3 Å². The number of aromatic nitrogens is 4. The molecule has 3 aromatic heterocycles. The van der Waals surface area contributed by atoms with Crippen LogP contribution in [0, 0.1) is 0 Å². The number of nitrogens with zero attached hydrogens (tertiary/aromatic N) is 4. The van der Waals surface area contributed by atoms with Gasteiger partial charge in [0.15, 0.2) is 0 Å². The highest BCUT2D eigenvalue weighted by Crippen LogP contribution is 2.69. The number of fused-ring (bicyclic) bond motifs is 2. The van der Waals surface area contributed by atoms with Crippen molar-refractivity contribution in [2.75, 3.05) is 13.2 Å². The molecule has 0 spiro atoms. The van der Waals surface area contributed by atoms with Crippen LogP contribution in [0.2, 0.25) is 0 Å². The van der Waals surface area contributed by atoms with E-state index in [1.165, 1.54) is 5.69 Å². The summed E-state index contributed by atoms with van der Waals surface area (Å²) in [6.07, 6.45) is 4.77. The van der Waals surface area contributed by atoms with Crippen molar-refractivity contribution in [2.24, 2.45) is 0 Å². The van der Waals surface area contributed by atoms with Crippen LogP contribution in [0.5, 0.6) is 5.75 Å². The second-order valence-corrected chi connectivity index (χ2v) is 14.5. The van der Waals surface area contributed by atoms with E-state index in [2.05, 4.69) is 20.0 Å². The largest absolute Gasteiger partial charge is 0.494 e. The molecule has 0 aliphatic carbocycles. The molecule has 4 heterocycles. The molecule has 0 bridgehead atoms. The SMILES string of the molecule is O=C(CCCOc1ccc2c(-c3c(-c4ccccn4)nn4c3CCC4)ccnc2c1)NCCCC(O)(P(=O)(O)O)P(=O)(O)O. The van der Waals surface area contributed by atoms with Gasteiger partial charge in [0.2, 0.25) is 5.91 Å². The summed E-state index contributed by atoms with van der Waals surface area (Å²) >= 11 is 0. The number of hydrogen-bond acceptors (Lipinski definition) is 8. The zero-order chi connectivity index (χ0) is 31.5. The number of aliphatic hydroxyl groups is 1. The van der Waals surface area contributed by atoms with E-state index in [1.807, 2.05) is 42.5 Å². The van der Waals surface area contributed by atoms with Crippen LogP contribution in [-0.4, -0.2) is 68.6 Å². The van der Waals surface area contributed by atoms with E-state index in [1.54, 1.807) is 12.4 Å². The van der Waals surface area contributed by atoms with E-state index >= 15 is 0 Å². The first-order valence-electron chi connectivity index (χ1n) is 14.0. The van der Waals surface area contributed by atoms with Crippen LogP contribution in [0.1, 0.15) is 37.8 Å². The Morgan fingerprint density at radius 2 is 1.82 bits per heavy atom. The Morgan fingerprint density at radius 1 is 1.02 bits per heavy atom. The average molecular weight is 646 g/mol. The molecule has 0 saturated carbocycles. The molecule has 6 N–H and O–H groups in total. The molecule has 0 fully saturated rings. The summed E-state index contributed by atoms with van der Waals surface area (Å²) in [5, 5.41) is 14.7. The minimum atomic E-state index is -5.52. The quantitative estimate of drug-likeness (QED) is 0.0913. The number of nitrogens with one attached hydrogen (secondary N) is 1. The molecule has 44 heavy (non-hydrogen) atoms. The third kappa shape index (κ3) is 6.62. The van der Waals surface area contributed by atoms with Crippen LogP contribution in [-0.2, 0) is 26.9 Å². The number of aryl methyl sites for hydroxylation is 1. The van der Waals surface area contributed by atoms with Gasteiger partial charge in [-0.15, -0.1) is 0 Å². The second-order valence-electron chi connectivity index (χ2n) is 10.5. The highest BCUT2D eigenvalue weighted by atomic mass is 31.2. The highest BCUT2D eigenvalue weighted by Gasteiger charge is 2.58. The van der Waals surface area contributed by atoms with Crippen molar-refractivity contribution in [3.05, 3.63) is 60.6 Å². The van der Waals surface area contributed by atoms with Crippen LogP contribution in [0.15, 0.2) is 54.9 Å². The number of rotatable bonds is 13. The van der Waals surface area contributed by atoms with E-state index in [-0.39, 0.29) is 31.9 Å². The Balaban J connectivity index is 1.18. The first-order chi connectivity index (χ1) is 20.9. The summed E-state index contributed by atoms with van der Waals surface area (Å²) in [5.41, 5.74) is 5.64. The number of amides is 1. The monoisotopic (exact) mass is 645 g/mol. The van der Waals surface area contributed by atoms with Gasteiger partial charge in [0.1, 0.15) is 11.4 Å². The molecule has 1 amide bonds. The Kier molecular flexibility index (Phi) is 9.33. The molecular formula is C28H33N5O9P2. The second kappa shape index (κ2) is 12.9. The molecule has 14 nitrogen and oxygen atoms in total. The molecule has 0 radical (unpaired) electrons. The van der Waals surface area contributed by atoms with Crippen molar-refractivity contribution in [3.8, 4) is 28.3 Å². The summed E-state index contributed by atoms with van der Waals surface area (Å²) in [6.45, 7) is 0.962. The molecule has 16 heteroatoms. The molecular weight excluding hydrogens is 612 g/mol. The van der Waals surface area contributed by atoms with E-state index in [0.29, 0.717) is 12.2 Å². The van der Waals surface area contributed by atoms with Gasteiger partial charge in [-0.2, -0.15) is 5.10 Å². The van der Waals surface area contributed by atoms with Gasteiger partial charge in [-0.05, 0) is 61.6 Å². The van der Waals surface area contributed by atoms with Crippen LogP contribution < -0.4 is 10.1 Å². The summed E-state index contributed by atoms with van der Waals surface area (Å²) < 4.78 is 30.7. The zero-order valence-electron chi connectivity index (χ0n) is 23.6. The lowest BCUT2D eigenvalue weighted by molar-refractivity contribution is -0.121. The number of benzene rings is 1. The van der Waals surface area contributed by atoms with Gasteiger partial charge in [0.25, 0.3) is 5.08 Å². The van der Waals surface area contributed by atoms with Gasteiger partial charge >= 0.3 is 15.2 Å². The van der Waals surface area contributed by atoms with Gasteiger partial charge in [-0.25, -0.2) is 0 Å². The molecule has 0 atom stereocenters. The van der Waals surface area contributed by atoms with E-state index < -0.39 is 26.7 Å². The van der Waals surface area contributed by atoms with Crippen LogP contribution >= 0.6 is 15.2 Å². The van der Waals surface area contributed by atoms with Crippen molar-refractivity contribution >= 4 is 32.0 Å². The molecule has 0 unspecified atom stereocenters. The van der Waals surface area contributed by atoms with Gasteiger partial charge < -0.3 is 34.7 Å². The Hall–Kier alpha value is -3.48. The van der Waals surface area contributed by atoms with E-state index in [9.17, 15) is 38.6 Å². The molecule has 4 aromatic rings. The predicted molar refractivity (Wildman–Crippen MR) is 161 cm³/mol. The van der Waals surface area contributed by atoms with Crippen LogP contribution in [0.3, 0.4) is 0 Å². The number of hydrogen-bond donors (Lipinski definition) is 6. The maximum atomic E-state index is 12.2. The van der Waals surface area contributed by atoms with Crippen molar-refractivity contribution in [1.29, 1.82) is 0 Å². The van der Waals surface area contributed by atoms with Crippen LogP contribution in [0.4, 0.5) is 0 Å². The van der Waals surface area contributed by atoms with Gasteiger partial charge in [0, 0.05) is 61.0 Å². The number of carbonyl (C=O) groups excluding carboxylic acids is 1. The van der Waals surface area contributed by atoms with Gasteiger partial charge in [-0.1, -0.05) is 6.07 Å². The van der Waals surface area contributed by atoms with Crippen molar-refractivity contribution in [1.82, 2.24) is 25.1 Å². The smallest absolute Gasteiger partial charge is 0.369 e. The summed E-state index contributed by atoms with van der Waals surface area (Å²) in [6, 6.07) is 13.4. The molecule has 234 valence electrons. The first kappa shape index (κ1) is 31.9. The molecule has 1 aliphatic rings. The maximum Gasteiger partial charge on any atom is 0.369 e. The van der Waals surface area contributed by atoms with Gasteiger partial charge in [0.05, 0.1) is 17.8 Å². The number of pyridine rings is 2. The third-order valence-electron chi connectivity index (χ3n) is 7.49. The molecule has 5 rings (SSSR count). The minimum absolute atomic E-state index is 0.0836. The van der Waals surface area contributed by atoms with Gasteiger partial charge in [-0.3, -0.25) is 28.6 Å². The molecule has 1 aliphatic heterocycles. The lowest BCUT2D eigenvalue weighted by Crippen LogP contribution is -2.31. The topological polar surface area (TPSA) is 217 Å². The zero-order valence-corrected chi connectivity index (χ0v) is 25.4. The standard InChI is InChI=1S/C28H33N5O9P2/c34-25(31-14-5-12-28(35,43(36,37)38)44(39,40)41)8-4-17-42-19-9-10-20-21(11-15-30-23(20)18-19)26-24-7-3-16-33(24)32-27(26)22-6-1-2-13-29-22/h1-2,6,9-11,13,15,18,35H,3-5,7-8,12,14,16-17H2,(H,31,34)(H2,36,37,38)(H2,39,40,41). The van der Waals surface area contributed by atoms with Crippen molar-refractivity contribution in [3.63, 3.8) is 0 Å². The maximum absolute atomic E-state index is 12.2. The summed E-state index contributed by atoms with van der Waals surface area (Å²) in [4.78, 5) is 58.0. The lowest BCUT2D eigenvalue weighted by Gasteiger charge is -2.29. The first-order valence-corrected chi connectivity index (χ1v) is 17.2. The van der Waals surface area contributed by atoms with E-state index in [0.717, 1.165) is 52.8 Å². The fourth-order valence-corrected chi connectivity index (χ4v) is 7.51. The fourth-order valence-electron chi connectivity index (χ4n) is 5.26. The van der Waals surface area contributed by atoms with Crippen LogP contribution in [0.25, 0.3) is 33.4 Å². The third-order valence-corrected chi connectivity index (χ3v) is 11.4. The fraction of sp³-hybridized carbons (Fsp3) is 0.357. The normalized spacial score (nSPS) is 13.7. The Bertz CT molecular complexity index is 1730. The summed E-state index contributed by atoms with van der Waals surface area (Å²) in [7, 11) is -11.0. The number of ether oxygens (including phenoxy) is 1. The van der Waals surface area contributed by atoms with Crippen molar-refractivity contribution in [2.45, 2.75) is 50.2 Å². The molecule has 1 aromatic carbocycles. The Morgan fingerprint density at radius 3 is 2.55 bits per heavy atom. The minimum Gasteiger partial charge on any atom is -0.494 e. The predicted octanol–water partition coefficient (Wildman–Crippen LogP) is 3.16. The summed E-state index contributed by atoms with van der Waals surface area (Å²) in [5.74, 6) is 0.202. The Labute approximate surface area is 252 Å². The van der Waals surface area contributed by atoms with E-state index in [4.69, 9.17) is 9.84 Å². The highest BCUT2D eigenvalue weighted by molar-refractivity contribution is 7.72. The number of carbonyl (C=O) groups is 1. The average Bonchev–Trinajstić information content (AvgIpc) is 3.58.